The quantitative estimate of drug-likeness (QED) is 0.124. The molecule has 2 atom stereocenters. The van der Waals surface area contributed by atoms with E-state index < -0.39 is 66.0 Å². The second-order valence-electron chi connectivity index (χ2n) is 9.88. The molecule has 0 aliphatic heterocycles. The zero-order valence-corrected chi connectivity index (χ0v) is 22.9. The second kappa shape index (κ2) is 15.9. The van der Waals surface area contributed by atoms with E-state index in [-0.39, 0.29) is 12.2 Å². The first-order chi connectivity index (χ1) is 18.6. The molecule has 0 aliphatic carbocycles. The van der Waals surface area contributed by atoms with Crippen molar-refractivity contribution >= 4 is 35.8 Å². The van der Waals surface area contributed by atoms with Gasteiger partial charge in [0, 0.05) is 13.0 Å². The Labute approximate surface area is 231 Å². The molecule has 14 nitrogen and oxygen atoms in total. The van der Waals surface area contributed by atoms with E-state index in [4.69, 9.17) is 19.7 Å². The molecular weight excluding hydrogens is 530 g/mol. The van der Waals surface area contributed by atoms with Crippen LogP contribution >= 0.6 is 0 Å². The van der Waals surface area contributed by atoms with E-state index in [2.05, 4.69) is 16.0 Å². The van der Waals surface area contributed by atoms with Crippen molar-refractivity contribution in [3.05, 3.63) is 29.8 Å². The van der Waals surface area contributed by atoms with Gasteiger partial charge in [-0.05, 0) is 44.9 Å². The molecule has 0 aliphatic rings. The first-order valence-electron chi connectivity index (χ1n) is 12.6. The number of carboxylic acids is 3. The predicted molar refractivity (Wildman–Crippen MR) is 140 cm³/mol. The molecule has 0 unspecified atom stereocenters. The van der Waals surface area contributed by atoms with Gasteiger partial charge in [-0.3, -0.25) is 14.4 Å². The lowest BCUT2D eigenvalue weighted by atomic mass is 10.0. The van der Waals surface area contributed by atoms with E-state index in [0.29, 0.717) is 18.5 Å². The molecule has 0 fully saturated rings. The maximum absolute atomic E-state index is 13.0. The second-order valence-corrected chi connectivity index (χ2v) is 9.88. The summed E-state index contributed by atoms with van der Waals surface area (Å²) < 4.78 is 10.1. The van der Waals surface area contributed by atoms with Gasteiger partial charge in [-0.15, -0.1) is 0 Å². The van der Waals surface area contributed by atoms with E-state index in [1.165, 1.54) is 24.3 Å². The molecule has 0 saturated heterocycles. The fourth-order valence-electron chi connectivity index (χ4n) is 3.31. The topological polar surface area (TPSA) is 218 Å². The standard InChI is InChI=1S/C26H37N3O11/c1-5-6-7-12-27-21(32)17(13-15-8-10-16(11-9-15)39-20(23(34)35)24(36)37)28-22(33)18(14-19(30)31)29-25(38)40-26(2,3)4/h8-11,17-18,20H,5-7,12-14H2,1-4H3,(H,27,32)(H,28,33)(H,29,38)(H,30,31)(H,34,35)(H,36,37)/t17-,18-/m0/s1. The lowest BCUT2D eigenvalue weighted by Crippen LogP contribution is -2.55. The Hall–Kier alpha value is -4.36. The average molecular weight is 568 g/mol. The van der Waals surface area contributed by atoms with Crippen LogP contribution in [0.5, 0.6) is 5.75 Å². The number of amides is 3. The van der Waals surface area contributed by atoms with Gasteiger partial charge in [0.25, 0.3) is 6.10 Å². The number of aliphatic carboxylic acids is 3. The molecular formula is C26H37N3O11. The third kappa shape index (κ3) is 12.9. The molecule has 1 rings (SSSR count). The number of carbonyl (C=O) groups is 6. The van der Waals surface area contributed by atoms with Crippen molar-refractivity contribution < 1.29 is 53.6 Å². The van der Waals surface area contributed by atoms with Crippen LogP contribution in [0.1, 0.15) is 58.9 Å². The van der Waals surface area contributed by atoms with Crippen LogP contribution in [0.25, 0.3) is 0 Å². The number of nitrogens with one attached hydrogen (secondary N) is 3. The monoisotopic (exact) mass is 567 g/mol. The van der Waals surface area contributed by atoms with Gasteiger partial charge in [0.2, 0.25) is 11.8 Å². The molecule has 1 aromatic rings. The Kier molecular flexibility index (Phi) is 13.4. The largest absolute Gasteiger partial charge is 0.481 e. The first kappa shape index (κ1) is 33.7. The Morgan fingerprint density at radius 3 is 1.95 bits per heavy atom. The lowest BCUT2D eigenvalue weighted by molar-refractivity contribution is -0.159. The van der Waals surface area contributed by atoms with Gasteiger partial charge < -0.3 is 40.7 Å². The van der Waals surface area contributed by atoms with Crippen molar-refractivity contribution in [1.82, 2.24) is 16.0 Å². The van der Waals surface area contributed by atoms with Crippen molar-refractivity contribution in [2.45, 2.75) is 83.6 Å². The molecule has 222 valence electrons. The Balaban J connectivity index is 3.10. The number of alkyl carbamates (subject to hydrolysis) is 1. The number of carboxylic acid groups (broad SMARTS) is 3. The molecule has 0 heterocycles. The Morgan fingerprint density at radius 1 is 0.850 bits per heavy atom. The minimum atomic E-state index is -2.12. The molecule has 3 amide bonds. The van der Waals surface area contributed by atoms with Crippen molar-refractivity contribution in [3.63, 3.8) is 0 Å². The van der Waals surface area contributed by atoms with Gasteiger partial charge in [-0.25, -0.2) is 14.4 Å². The minimum absolute atomic E-state index is 0.0498. The highest BCUT2D eigenvalue weighted by molar-refractivity contribution is 5.96. The van der Waals surface area contributed by atoms with Crippen molar-refractivity contribution in [3.8, 4) is 5.75 Å². The number of hydrogen-bond acceptors (Lipinski definition) is 8. The van der Waals surface area contributed by atoms with Crippen LogP contribution < -0.4 is 20.7 Å². The number of carbonyl (C=O) groups excluding carboxylic acids is 3. The predicted octanol–water partition coefficient (Wildman–Crippen LogP) is 1.30. The average Bonchev–Trinajstić information content (AvgIpc) is 2.83. The summed E-state index contributed by atoms with van der Waals surface area (Å²) in [6, 6.07) is 2.80. The summed E-state index contributed by atoms with van der Waals surface area (Å²) in [6.07, 6.45) is -1.48. The third-order valence-electron chi connectivity index (χ3n) is 5.16. The first-order valence-corrected chi connectivity index (χ1v) is 12.6. The summed E-state index contributed by atoms with van der Waals surface area (Å²) in [7, 11) is 0. The zero-order valence-electron chi connectivity index (χ0n) is 22.9. The van der Waals surface area contributed by atoms with Gasteiger partial charge in [-0.2, -0.15) is 0 Å². The van der Waals surface area contributed by atoms with Gasteiger partial charge in [0.15, 0.2) is 0 Å². The lowest BCUT2D eigenvalue weighted by Gasteiger charge is -2.24. The number of unbranched alkanes of at least 4 members (excludes halogenated alkanes) is 2. The van der Waals surface area contributed by atoms with E-state index >= 15 is 0 Å². The van der Waals surface area contributed by atoms with Gasteiger partial charge in [0.1, 0.15) is 23.4 Å². The molecule has 1 aromatic carbocycles. The molecule has 0 aromatic heterocycles. The smallest absolute Gasteiger partial charge is 0.408 e. The van der Waals surface area contributed by atoms with Crippen LogP contribution in [0.3, 0.4) is 0 Å². The van der Waals surface area contributed by atoms with Crippen LogP contribution in [0.15, 0.2) is 24.3 Å². The highest BCUT2D eigenvalue weighted by Crippen LogP contribution is 2.16. The number of hydrogen-bond donors (Lipinski definition) is 6. The molecule has 0 radical (unpaired) electrons. The zero-order chi connectivity index (χ0) is 30.5. The van der Waals surface area contributed by atoms with Crippen molar-refractivity contribution in [1.29, 1.82) is 0 Å². The fraction of sp³-hybridized carbons (Fsp3) is 0.538. The number of benzene rings is 1. The van der Waals surface area contributed by atoms with E-state index in [9.17, 15) is 33.9 Å². The fourth-order valence-corrected chi connectivity index (χ4v) is 3.31. The molecule has 0 spiro atoms. The van der Waals surface area contributed by atoms with Crippen molar-refractivity contribution in [2.24, 2.45) is 0 Å². The maximum atomic E-state index is 13.0. The number of ether oxygens (including phenoxy) is 2. The number of rotatable bonds is 16. The van der Waals surface area contributed by atoms with Gasteiger partial charge in [-0.1, -0.05) is 31.9 Å². The molecule has 14 heteroatoms. The molecule has 0 saturated carbocycles. The minimum Gasteiger partial charge on any atom is -0.481 e. The van der Waals surface area contributed by atoms with E-state index in [1.807, 2.05) is 6.92 Å². The summed E-state index contributed by atoms with van der Waals surface area (Å²) in [6.45, 7) is 7.12. The summed E-state index contributed by atoms with van der Waals surface area (Å²) in [5, 5.41) is 34.6. The normalized spacial score (nSPS) is 12.5. The molecule has 0 bridgehead atoms. The van der Waals surface area contributed by atoms with Gasteiger partial charge >= 0.3 is 24.0 Å². The van der Waals surface area contributed by atoms with Crippen LogP contribution in [-0.2, 0) is 35.1 Å². The Bertz CT molecular complexity index is 1040. The van der Waals surface area contributed by atoms with Crippen LogP contribution in [0.4, 0.5) is 4.79 Å². The molecule has 6 N–H and O–H groups in total. The third-order valence-corrected chi connectivity index (χ3v) is 5.16. The van der Waals surface area contributed by atoms with Crippen molar-refractivity contribution in [2.75, 3.05) is 6.54 Å². The maximum Gasteiger partial charge on any atom is 0.408 e. The summed E-state index contributed by atoms with van der Waals surface area (Å²) in [5.74, 6) is -6.26. The molecule has 40 heavy (non-hydrogen) atoms. The highest BCUT2D eigenvalue weighted by Gasteiger charge is 2.31. The van der Waals surface area contributed by atoms with Gasteiger partial charge in [0.05, 0.1) is 6.42 Å². The summed E-state index contributed by atoms with van der Waals surface area (Å²) >= 11 is 0. The highest BCUT2D eigenvalue weighted by atomic mass is 16.6. The summed E-state index contributed by atoms with van der Waals surface area (Å²) in [4.78, 5) is 71.6. The van der Waals surface area contributed by atoms with Crippen LogP contribution in [0, 0.1) is 0 Å². The van der Waals surface area contributed by atoms with E-state index in [1.54, 1.807) is 20.8 Å². The Morgan fingerprint density at radius 2 is 1.45 bits per heavy atom. The van der Waals surface area contributed by atoms with Crippen LogP contribution in [0.2, 0.25) is 0 Å². The SMILES string of the molecule is CCCCCNC(=O)[C@H](Cc1ccc(OC(C(=O)O)C(=O)O)cc1)NC(=O)[C@H](CC(=O)O)NC(=O)OC(C)(C)C. The summed E-state index contributed by atoms with van der Waals surface area (Å²) in [5.41, 5.74) is -0.418. The van der Waals surface area contributed by atoms with E-state index in [0.717, 1.165) is 12.8 Å². The van der Waals surface area contributed by atoms with Crippen LogP contribution in [-0.4, -0.2) is 81.5 Å².